The number of benzene rings is 1. The van der Waals surface area contributed by atoms with E-state index in [-0.39, 0.29) is 6.61 Å². The van der Waals surface area contributed by atoms with Crippen molar-refractivity contribution < 1.29 is 5.11 Å². The Morgan fingerprint density at radius 2 is 2.00 bits per heavy atom. The topological polar surface area (TPSA) is 20.2 Å². The van der Waals surface area contributed by atoms with Gasteiger partial charge in [0.05, 0.1) is 6.61 Å². The van der Waals surface area contributed by atoms with Crippen molar-refractivity contribution in [3.05, 3.63) is 41.5 Å². The third-order valence-electron chi connectivity index (χ3n) is 1.49. The summed E-state index contributed by atoms with van der Waals surface area (Å²) in [4.78, 5) is 0. The molecule has 0 amide bonds. The van der Waals surface area contributed by atoms with Gasteiger partial charge in [0.15, 0.2) is 0 Å². The van der Waals surface area contributed by atoms with Crippen molar-refractivity contribution in [1.82, 2.24) is 0 Å². The zero-order valence-corrected chi connectivity index (χ0v) is 8.62. The van der Waals surface area contributed by atoms with Crippen LogP contribution in [-0.2, 0) is 6.61 Å². The lowest BCUT2D eigenvalue weighted by molar-refractivity contribution is 0.282. The van der Waals surface area contributed by atoms with E-state index in [2.05, 4.69) is 0 Å². The molecule has 0 unspecified atom stereocenters. The van der Waals surface area contributed by atoms with E-state index < -0.39 is 0 Å². The molecule has 1 rings (SSSR count). The summed E-state index contributed by atoms with van der Waals surface area (Å²) in [6.45, 7) is 6.09. The summed E-state index contributed by atoms with van der Waals surface area (Å²) in [5.74, 6) is 0. The predicted octanol–water partition coefficient (Wildman–Crippen LogP) is 3.24. The molecule has 1 nitrogen and oxygen atoms in total. The Kier molecular flexibility index (Phi) is 6.93. The molecule has 0 atom stereocenters. The standard InChI is InChI=1S/C10H12O.C2H6/c1-2-4-9-5-3-6-10(7-9)8-11;1-2/h2-7,11H,8H2,1H3;1-2H3/b4-2+;. The average molecular weight is 178 g/mol. The van der Waals surface area contributed by atoms with Crippen LogP contribution < -0.4 is 0 Å². The molecule has 1 N–H and O–H groups in total. The number of aliphatic hydroxyl groups is 1. The van der Waals surface area contributed by atoms with Crippen molar-refractivity contribution in [2.75, 3.05) is 0 Å². The van der Waals surface area contributed by atoms with E-state index in [1.54, 1.807) is 0 Å². The van der Waals surface area contributed by atoms with Gasteiger partial charge in [-0.3, -0.25) is 0 Å². The molecule has 13 heavy (non-hydrogen) atoms. The summed E-state index contributed by atoms with van der Waals surface area (Å²) < 4.78 is 0. The van der Waals surface area contributed by atoms with Crippen LogP contribution in [-0.4, -0.2) is 5.11 Å². The zero-order valence-electron chi connectivity index (χ0n) is 8.62. The minimum atomic E-state index is 0.116. The van der Waals surface area contributed by atoms with Crippen LogP contribution in [0.1, 0.15) is 31.9 Å². The van der Waals surface area contributed by atoms with Crippen LogP contribution >= 0.6 is 0 Å². The molecular formula is C12H18O. The van der Waals surface area contributed by atoms with Gasteiger partial charge in [0.1, 0.15) is 0 Å². The Bertz CT molecular complexity index is 251. The van der Waals surface area contributed by atoms with E-state index in [1.807, 2.05) is 57.2 Å². The van der Waals surface area contributed by atoms with E-state index in [4.69, 9.17) is 5.11 Å². The molecule has 0 aliphatic heterocycles. The van der Waals surface area contributed by atoms with Crippen LogP contribution in [0.2, 0.25) is 0 Å². The van der Waals surface area contributed by atoms with E-state index >= 15 is 0 Å². The van der Waals surface area contributed by atoms with E-state index in [0.717, 1.165) is 11.1 Å². The summed E-state index contributed by atoms with van der Waals surface area (Å²) in [5, 5.41) is 8.81. The van der Waals surface area contributed by atoms with Gasteiger partial charge in [0.2, 0.25) is 0 Å². The number of aliphatic hydroxyl groups excluding tert-OH is 1. The number of hydrogen-bond donors (Lipinski definition) is 1. The lowest BCUT2D eigenvalue weighted by Crippen LogP contribution is -1.82. The largest absolute Gasteiger partial charge is 0.392 e. The molecule has 0 spiro atoms. The lowest BCUT2D eigenvalue weighted by Gasteiger charge is -1.96. The number of rotatable bonds is 2. The summed E-state index contributed by atoms with van der Waals surface area (Å²) in [7, 11) is 0. The van der Waals surface area contributed by atoms with Gasteiger partial charge in [-0.1, -0.05) is 44.2 Å². The first-order valence-electron chi connectivity index (χ1n) is 4.69. The Morgan fingerprint density at radius 1 is 1.31 bits per heavy atom. The van der Waals surface area contributed by atoms with Gasteiger partial charge in [-0.15, -0.1) is 0 Å². The molecule has 1 heteroatoms. The molecule has 0 aliphatic rings. The van der Waals surface area contributed by atoms with Crippen LogP contribution in [0.3, 0.4) is 0 Å². The molecule has 0 fully saturated rings. The van der Waals surface area contributed by atoms with Crippen molar-refractivity contribution in [2.24, 2.45) is 0 Å². The molecule has 0 aromatic heterocycles. The monoisotopic (exact) mass is 178 g/mol. The highest BCUT2D eigenvalue weighted by Crippen LogP contribution is 2.06. The van der Waals surface area contributed by atoms with Crippen LogP contribution in [0.25, 0.3) is 6.08 Å². The quantitative estimate of drug-likeness (QED) is 0.737. The van der Waals surface area contributed by atoms with Crippen molar-refractivity contribution in [3.8, 4) is 0 Å². The fourth-order valence-corrected chi connectivity index (χ4v) is 0.988. The molecule has 0 saturated heterocycles. The van der Waals surface area contributed by atoms with Crippen LogP contribution in [0.4, 0.5) is 0 Å². The lowest BCUT2D eigenvalue weighted by atomic mass is 10.1. The Balaban J connectivity index is 0.000000671. The second kappa shape index (κ2) is 7.56. The molecule has 0 radical (unpaired) electrons. The maximum absolute atomic E-state index is 8.81. The Labute approximate surface area is 80.7 Å². The number of hydrogen-bond acceptors (Lipinski definition) is 1. The minimum absolute atomic E-state index is 0.116. The predicted molar refractivity (Wildman–Crippen MR) is 58.4 cm³/mol. The SMILES string of the molecule is C/C=C/c1cccc(CO)c1.CC. The van der Waals surface area contributed by atoms with Gasteiger partial charge in [0, 0.05) is 0 Å². The van der Waals surface area contributed by atoms with E-state index in [9.17, 15) is 0 Å². The molecule has 1 aromatic rings. The highest BCUT2D eigenvalue weighted by Gasteiger charge is 1.89. The summed E-state index contributed by atoms with van der Waals surface area (Å²) in [6, 6.07) is 7.84. The molecule has 0 heterocycles. The maximum Gasteiger partial charge on any atom is 0.0682 e. The van der Waals surface area contributed by atoms with E-state index in [0.29, 0.717) is 0 Å². The van der Waals surface area contributed by atoms with Crippen molar-refractivity contribution in [2.45, 2.75) is 27.4 Å². The Morgan fingerprint density at radius 3 is 2.54 bits per heavy atom. The number of allylic oxidation sites excluding steroid dienone is 1. The average Bonchev–Trinajstić information content (AvgIpc) is 2.22. The first-order valence-corrected chi connectivity index (χ1v) is 4.69. The zero-order chi connectivity index (χ0) is 10.1. The summed E-state index contributed by atoms with van der Waals surface area (Å²) in [5.41, 5.74) is 2.10. The highest BCUT2D eigenvalue weighted by molar-refractivity contribution is 5.49. The smallest absolute Gasteiger partial charge is 0.0682 e. The van der Waals surface area contributed by atoms with E-state index in [1.165, 1.54) is 0 Å². The van der Waals surface area contributed by atoms with Crippen LogP contribution in [0.5, 0.6) is 0 Å². The first-order chi connectivity index (χ1) is 6.36. The summed E-state index contributed by atoms with van der Waals surface area (Å²) >= 11 is 0. The molecular weight excluding hydrogens is 160 g/mol. The normalized spacial score (nSPS) is 9.54. The Hall–Kier alpha value is -1.08. The highest BCUT2D eigenvalue weighted by atomic mass is 16.3. The third-order valence-corrected chi connectivity index (χ3v) is 1.49. The fourth-order valence-electron chi connectivity index (χ4n) is 0.988. The van der Waals surface area contributed by atoms with Crippen LogP contribution in [0.15, 0.2) is 30.3 Å². The first kappa shape index (κ1) is 11.9. The second-order valence-electron chi connectivity index (χ2n) is 2.40. The van der Waals surface area contributed by atoms with Gasteiger partial charge >= 0.3 is 0 Å². The van der Waals surface area contributed by atoms with Crippen LogP contribution in [0, 0.1) is 0 Å². The third kappa shape index (κ3) is 4.48. The van der Waals surface area contributed by atoms with Gasteiger partial charge in [-0.2, -0.15) is 0 Å². The summed E-state index contributed by atoms with van der Waals surface area (Å²) in [6.07, 6.45) is 4.00. The molecule has 0 aliphatic carbocycles. The van der Waals surface area contributed by atoms with Gasteiger partial charge < -0.3 is 5.11 Å². The molecule has 72 valence electrons. The fraction of sp³-hybridized carbons (Fsp3) is 0.333. The van der Waals surface area contributed by atoms with Crippen molar-refractivity contribution in [1.29, 1.82) is 0 Å². The van der Waals surface area contributed by atoms with Gasteiger partial charge in [0.25, 0.3) is 0 Å². The van der Waals surface area contributed by atoms with Gasteiger partial charge in [-0.05, 0) is 24.1 Å². The van der Waals surface area contributed by atoms with Crippen molar-refractivity contribution in [3.63, 3.8) is 0 Å². The maximum atomic E-state index is 8.81. The molecule has 1 aromatic carbocycles. The second-order valence-corrected chi connectivity index (χ2v) is 2.40. The van der Waals surface area contributed by atoms with Gasteiger partial charge in [-0.25, -0.2) is 0 Å². The van der Waals surface area contributed by atoms with Crippen molar-refractivity contribution >= 4 is 6.08 Å². The molecule has 0 saturated carbocycles. The molecule has 0 bridgehead atoms. The minimum Gasteiger partial charge on any atom is -0.392 e.